The lowest BCUT2D eigenvalue weighted by Gasteiger charge is -2.24. The first-order chi connectivity index (χ1) is 7.15. The van der Waals surface area contributed by atoms with Gasteiger partial charge in [0.1, 0.15) is 0 Å². The number of hydrogen-bond donors (Lipinski definition) is 0. The molecule has 0 saturated heterocycles. The standard InChI is InChI=1S/C12H17NO2/c1-10(15-3)9-13(11(2)14)12-7-5-4-6-8-12/h4-8,10H,9H2,1-3H3. The lowest BCUT2D eigenvalue weighted by molar-refractivity contribution is -0.116. The van der Waals surface area contributed by atoms with Gasteiger partial charge in [-0.2, -0.15) is 0 Å². The molecule has 0 radical (unpaired) electrons. The summed E-state index contributed by atoms with van der Waals surface area (Å²) in [6.07, 6.45) is 0.0362. The molecular formula is C12H17NO2. The van der Waals surface area contributed by atoms with Crippen molar-refractivity contribution in [2.45, 2.75) is 20.0 Å². The van der Waals surface area contributed by atoms with Crippen LogP contribution in [0.1, 0.15) is 13.8 Å². The van der Waals surface area contributed by atoms with Crippen LogP contribution in [-0.2, 0) is 9.53 Å². The number of carbonyl (C=O) groups is 1. The van der Waals surface area contributed by atoms with E-state index in [0.29, 0.717) is 6.54 Å². The molecule has 82 valence electrons. The van der Waals surface area contributed by atoms with Crippen molar-refractivity contribution in [3.05, 3.63) is 30.3 Å². The molecule has 1 amide bonds. The van der Waals surface area contributed by atoms with Crippen molar-refractivity contribution in [2.24, 2.45) is 0 Å². The summed E-state index contributed by atoms with van der Waals surface area (Å²) in [5.74, 6) is 0.0325. The van der Waals surface area contributed by atoms with Crippen LogP contribution in [-0.4, -0.2) is 25.7 Å². The number of anilines is 1. The van der Waals surface area contributed by atoms with Crippen molar-refractivity contribution in [1.82, 2.24) is 0 Å². The van der Waals surface area contributed by atoms with Crippen LogP contribution in [0.2, 0.25) is 0 Å². The largest absolute Gasteiger partial charge is 0.380 e. The van der Waals surface area contributed by atoms with E-state index in [0.717, 1.165) is 5.69 Å². The van der Waals surface area contributed by atoms with Gasteiger partial charge in [-0.05, 0) is 19.1 Å². The van der Waals surface area contributed by atoms with E-state index in [-0.39, 0.29) is 12.0 Å². The number of hydrogen-bond acceptors (Lipinski definition) is 2. The van der Waals surface area contributed by atoms with Gasteiger partial charge in [-0.15, -0.1) is 0 Å². The lowest BCUT2D eigenvalue weighted by Crippen LogP contribution is -2.35. The van der Waals surface area contributed by atoms with Crippen molar-refractivity contribution in [2.75, 3.05) is 18.6 Å². The van der Waals surface area contributed by atoms with Crippen molar-refractivity contribution >= 4 is 11.6 Å². The fraction of sp³-hybridized carbons (Fsp3) is 0.417. The molecule has 0 aliphatic heterocycles. The van der Waals surface area contributed by atoms with E-state index in [1.807, 2.05) is 37.3 Å². The fourth-order valence-corrected chi connectivity index (χ4v) is 1.36. The Bertz CT molecular complexity index is 311. The molecule has 1 rings (SSSR count). The summed E-state index contributed by atoms with van der Waals surface area (Å²) >= 11 is 0. The Hall–Kier alpha value is -1.35. The molecule has 3 heteroatoms. The summed E-state index contributed by atoms with van der Waals surface area (Å²) in [4.78, 5) is 13.2. The molecule has 1 atom stereocenters. The minimum Gasteiger partial charge on any atom is -0.380 e. The average Bonchev–Trinajstić information content (AvgIpc) is 2.26. The summed E-state index contributed by atoms with van der Waals surface area (Å²) in [5.41, 5.74) is 0.911. The van der Waals surface area contributed by atoms with Gasteiger partial charge in [-0.25, -0.2) is 0 Å². The molecule has 1 aromatic rings. The summed E-state index contributed by atoms with van der Waals surface area (Å²) in [6, 6.07) is 9.61. The maximum atomic E-state index is 11.5. The molecule has 0 aliphatic carbocycles. The van der Waals surface area contributed by atoms with Crippen LogP contribution < -0.4 is 4.90 Å². The molecule has 1 aromatic carbocycles. The van der Waals surface area contributed by atoms with Crippen LogP contribution in [0.4, 0.5) is 5.69 Å². The highest BCUT2D eigenvalue weighted by Gasteiger charge is 2.13. The van der Waals surface area contributed by atoms with Crippen molar-refractivity contribution < 1.29 is 9.53 Å². The van der Waals surface area contributed by atoms with E-state index in [2.05, 4.69) is 0 Å². The zero-order valence-corrected chi connectivity index (χ0v) is 9.43. The molecule has 0 spiro atoms. The number of methoxy groups -OCH3 is 1. The number of amides is 1. The predicted octanol–water partition coefficient (Wildman–Crippen LogP) is 2.07. The predicted molar refractivity (Wildman–Crippen MR) is 60.9 cm³/mol. The number of nitrogens with zero attached hydrogens (tertiary/aromatic N) is 1. The quantitative estimate of drug-likeness (QED) is 0.756. The highest BCUT2D eigenvalue weighted by molar-refractivity contribution is 5.91. The monoisotopic (exact) mass is 207 g/mol. The Morgan fingerprint density at radius 3 is 2.47 bits per heavy atom. The number of ether oxygens (including phenoxy) is 1. The third-order valence-electron chi connectivity index (χ3n) is 2.29. The first-order valence-corrected chi connectivity index (χ1v) is 5.01. The minimum absolute atomic E-state index is 0.0325. The van der Waals surface area contributed by atoms with Crippen LogP contribution in [0.3, 0.4) is 0 Å². The third kappa shape index (κ3) is 3.36. The molecule has 0 N–H and O–H groups in total. The Balaban J connectivity index is 2.80. The normalized spacial score (nSPS) is 12.2. The number of benzene rings is 1. The van der Waals surface area contributed by atoms with Gasteiger partial charge in [-0.1, -0.05) is 18.2 Å². The van der Waals surface area contributed by atoms with Gasteiger partial charge in [0.25, 0.3) is 0 Å². The number of para-hydroxylation sites is 1. The van der Waals surface area contributed by atoms with Crippen LogP contribution in [0.25, 0.3) is 0 Å². The smallest absolute Gasteiger partial charge is 0.223 e. The van der Waals surface area contributed by atoms with E-state index in [4.69, 9.17) is 4.74 Å². The van der Waals surface area contributed by atoms with E-state index < -0.39 is 0 Å². The molecule has 1 unspecified atom stereocenters. The third-order valence-corrected chi connectivity index (χ3v) is 2.29. The van der Waals surface area contributed by atoms with Crippen molar-refractivity contribution in [3.63, 3.8) is 0 Å². The maximum absolute atomic E-state index is 11.5. The van der Waals surface area contributed by atoms with Crippen LogP contribution in [0.15, 0.2) is 30.3 Å². The first kappa shape index (κ1) is 11.7. The van der Waals surface area contributed by atoms with Crippen LogP contribution in [0.5, 0.6) is 0 Å². The Morgan fingerprint density at radius 1 is 1.40 bits per heavy atom. The minimum atomic E-state index is 0.0325. The first-order valence-electron chi connectivity index (χ1n) is 5.01. The van der Waals surface area contributed by atoms with Crippen molar-refractivity contribution in [1.29, 1.82) is 0 Å². The van der Waals surface area contributed by atoms with Gasteiger partial charge >= 0.3 is 0 Å². The van der Waals surface area contributed by atoms with Crippen molar-refractivity contribution in [3.8, 4) is 0 Å². The SMILES string of the molecule is COC(C)CN(C(C)=O)c1ccccc1. The lowest BCUT2D eigenvalue weighted by atomic mass is 10.2. The molecule has 0 saturated carbocycles. The summed E-state index contributed by atoms with van der Waals surface area (Å²) in [7, 11) is 1.65. The van der Waals surface area contributed by atoms with Gasteiger partial charge in [0.15, 0.2) is 0 Å². The second-order valence-corrected chi connectivity index (χ2v) is 3.51. The number of carbonyl (C=O) groups excluding carboxylic acids is 1. The van der Waals surface area contributed by atoms with E-state index in [9.17, 15) is 4.79 Å². The molecule has 0 fully saturated rings. The average molecular weight is 207 g/mol. The Kier molecular flexibility index (Phi) is 4.31. The molecule has 15 heavy (non-hydrogen) atoms. The Morgan fingerprint density at radius 2 is 2.00 bits per heavy atom. The molecule has 0 heterocycles. The van der Waals surface area contributed by atoms with Gasteiger partial charge < -0.3 is 9.64 Å². The molecule has 0 aromatic heterocycles. The van der Waals surface area contributed by atoms with E-state index in [1.54, 1.807) is 18.9 Å². The number of rotatable bonds is 4. The fourth-order valence-electron chi connectivity index (χ4n) is 1.36. The van der Waals surface area contributed by atoms with E-state index in [1.165, 1.54) is 0 Å². The second-order valence-electron chi connectivity index (χ2n) is 3.51. The van der Waals surface area contributed by atoms with Crippen LogP contribution in [0, 0.1) is 0 Å². The second kappa shape index (κ2) is 5.51. The summed E-state index contributed by atoms with van der Waals surface area (Å²) < 4.78 is 5.16. The van der Waals surface area contributed by atoms with Gasteiger partial charge in [0, 0.05) is 19.7 Å². The highest BCUT2D eigenvalue weighted by Crippen LogP contribution is 2.14. The molecule has 0 bridgehead atoms. The van der Waals surface area contributed by atoms with Gasteiger partial charge in [-0.3, -0.25) is 4.79 Å². The topological polar surface area (TPSA) is 29.5 Å². The highest BCUT2D eigenvalue weighted by atomic mass is 16.5. The maximum Gasteiger partial charge on any atom is 0.223 e. The molecule has 3 nitrogen and oxygen atoms in total. The zero-order chi connectivity index (χ0) is 11.3. The van der Waals surface area contributed by atoms with Gasteiger partial charge in [0.2, 0.25) is 5.91 Å². The zero-order valence-electron chi connectivity index (χ0n) is 9.43. The van der Waals surface area contributed by atoms with Crippen LogP contribution >= 0.6 is 0 Å². The summed E-state index contributed by atoms with van der Waals surface area (Å²) in [6.45, 7) is 4.09. The summed E-state index contributed by atoms with van der Waals surface area (Å²) in [5, 5.41) is 0. The molecular weight excluding hydrogens is 190 g/mol. The Labute approximate surface area is 90.7 Å². The molecule has 0 aliphatic rings. The van der Waals surface area contributed by atoms with Gasteiger partial charge in [0.05, 0.1) is 12.6 Å². The van der Waals surface area contributed by atoms with E-state index >= 15 is 0 Å².